The summed E-state index contributed by atoms with van der Waals surface area (Å²) in [6.07, 6.45) is 4.60. The molecule has 0 spiro atoms. The normalized spacial score (nSPS) is 20.4. The van der Waals surface area contributed by atoms with Crippen molar-refractivity contribution < 1.29 is 13.2 Å². The molecule has 1 aromatic carbocycles. The Morgan fingerprint density at radius 3 is 2.61 bits per heavy atom. The van der Waals surface area contributed by atoms with Crippen molar-refractivity contribution in [2.45, 2.75) is 30.6 Å². The molecule has 0 amide bonds. The summed E-state index contributed by atoms with van der Waals surface area (Å²) in [4.78, 5) is 7.71. The fraction of sp³-hybridized carbons (Fsp3) is 0.500. The SMILES string of the molecule is CN1CCC(CC2CCN(c3cc(F)c(SNc4cccc(F)n4)c(F)c3Cl)C2)CC1. The topological polar surface area (TPSA) is 31.4 Å². The molecule has 0 saturated carbocycles. The molecule has 1 aromatic heterocycles. The molecule has 0 radical (unpaired) electrons. The summed E-state index contributed by atoms with van der Waals surface area (Å²) in [6.45, 7) is 3.79. The fourth-order valence-corrected chi connectivity index (χ4v) is 5.46. The average molecular weight is 471 g/mol. The third-order valence-corrected chi connectivity index (χ3v) is 7.45. The number of hydrogen-bond acceptors (Lipinski definition) is 5. The summed E-state index contributed by atoms with van der Waals surface area (Å²) in [7, 11) is 2.16. The summed E-state index contributed by atoms with van der Waals surface area (Å²) in [6, 6.07) is 5.46. The number of nitrogens with one attached hydrogen (secondary N) is 1. The van der Waals surface area contributed by atoms with E-state index in [2.05, 4.69) is 21.7 Å². The van der Waals surface area contributed by atoms with Gasteiger partial charge in [0, 0.05) is 19.2 Å². The zero-order chi connectivity index (χ0) is 22.0. The zero-order valence-electron chi connectivity index (χ0n) is 17.4. The van der Waals surface area contributed by atoms with Gasteiger partial charge in [-0.25, -0.2) is 13.8 Å². The molecular formula is C22H26ClF3N4S. The van der Waals surface area contributed by atoms with E-state index in [0.717, 1.165) is 44.9 Å². The number of anilines is 2. The number of likely N-dealkylation sites (tertiary alicyclic amines) is 1. The van der Waals surface area contributed by atoms with Gasteiger partial charge in [-0.2, -0.15) is 4.39 Å². The van der Waals surface area contributed by atoms with Crippen molar-refractivity contribution in [2.75, 3.05) is 42.8 Å². The van der Waals surface area contributed by atoms with Crippen molar-refractivity contribution in [3.63, 3.8) is 0 Å². The van der Waals surface area contributed by atoms with Crippen LogP contribution in [0.25, 0.3) is 0 Å². The Bertz CT molecular complexity index is 924. The second-order valence-corrected chi connectivity index (χ2v) is 9.66. The first kappa shape index (κ1) is 22.6. The van der Waals surface area contributed by atoms with Gasteiger partial charge in [0.1, 0.15) is 21.6 Å². The van der Waals surface area contributed by atoms with Crippen molar-refractivity contribution in [3.8, 4) is 0 Å². The standard InChI is InChI=1S/C22H26ClF3N4S/c1-29-8-5-14(6-9-29)11-15-7-10-30(13-15)17-12-16(24)22(21(26)20(17)23)31-28-19-4-2-3-18(25)27-19/h2-4,12,14-15H,5-11,13H2,1H3,(H,27,28). The van der Waals surface area contributed by atoms with E-state index in [1.54, 1.807) is 0 Å². The number of benzene rings is 1. The molecule has 1 unspecified atom stereocenters. The maximum atomic E-state index is 14.9. The Labute approximate surface area is 190 Å². The van der Waals surface area contributed by atoms with Gasteiger partial charge >= 0.3 is 0 Å². The van der Waals surface area contributed by atoms with E-state index < -0.39 is 17.6 Å². The summed E-state index contributed by atoms with van der Waals surface area (Å²) in [5.74, 6) is -0.783. The van der Waals surface area contributed by atoms with Crippen molar-refractivity contribution in [1.82, 2.24) is 9.88 Å². The molecule has 0 bridgehead atoms. The number of nitrogens with zero attached hydrogens (tertiary/aromatic N) is 3. The highest BCUT2D eigenvalue weighted by atomic mass is 35.5. The van der Waals surface area contributed by atoms with Crippen LogP contribution in [0.3, 0.4) is 0 Å². The molecule has 2 aliphatic heterocycles. The van der Waals surface area contributed by atoms with Gasteiger partial charge in [-0.3, -0.25) is 0 Å². The maximum absolute atomic E-state index is 14.9. The van der Waals surface area contributed by atoms with Crippen LogP contribution in [0, 0.1) is 29.4 Å². The molecule has 9 heteroatoms. The minimum absolute atomic E-state index is 0.0853. The van der Waals surface area contributed by atoms with Crippen LogP contribution in [0.1, 0.15) is 25.7 Å². The van der Waals surface area contributed by atoms with E-state index in [-0.39, 0.29) is 15.7 Å². The molecule has 2 fully saturated rings. The zero-order valence-corrected chi connectivity index (χ0v) is 19.0. The molecule has 3 heterocycles. The van der Waals surface area contributed by atoms with Crippen molar-refractivity contribution in [3.05, 3.63) is 46.9 Å². The van der Waals surface area contributed by atoms with Gasteiger partial charge in [0.15, 0.2) is 5.82 Å². The molecule has 0 aliphatic carbocycles. The van der Waals surface area contributed by atoms with Crippen LogP contribution in [0.4, 0.5) is 24.7 Å². The third kappa shape index (κ3) is 5.41. The number of rotatable bonds is 6. The molecule has 168 valence electrons. The van der Waals surface area contributed by atoms with Gasteiger partial charge in [0.05, 0.1) is 5.69 Å². The van der Waals surface area contributed by atoms with Crippen LogP contribution in [-0.4, -0.2) is 43.1 Å². The first-order valence-corrected chi connectivity index (χ1v) is 11.8. The number of aromatic nitrogens is 1. The van der Waals surface area contributed by atoms with Crippen molar-refractivity contribution in [1.29, 1.82) is 0 Å². The van der Waals surface area contributed by atoms with Crippen molar-refractivity contribution in [2.24, 2.45) is 11.8 Å². The molecule has 31 heavy (non-hydrogen) atoms. The first-order chi connectivity index (χ1) is 14.9. The quantitative estimate of drug-likeness (QED) is 0.326. The summed E-state index contributed by atoms with van der Waals surface area (Å²) in [5, 5.41) is -0.0853. The highest BCUT2D eigenvalue weighted by Crippen LogP contribution is 2.40. The smallest absolute Gasteiger partial charge is 0.214 e. The molecule has 2 aromatic rings. The van der Waals surface area contributed by atoms with E-state index in [1.807, 2.05) is 4.90 Å². The highest BCUT2D eigenvalue weighted by molar-refractivity contribution is 8.00. The Kier molecular flexibility index (Phi) is 7.19. The lowest BCUT2D eigenvalue weighted by molar-refractivity contribution is 0.198. The van der Waals surface area contributed by atoms with E-state index in [9.17, 15) is 13.2 Å². The predicted octanol–water partition coefficient (Wildman–Crippen LogP) is 5.83. The second kappa shape index (κ2) is 9.88. The molecule has 2 aliphatic rings. The van der Waals surface area contributed by atoms with Crippen LogP contribution in [-0.2, 0) is 0 Å². The van der Waals surface area contributed by atoms with E-state index in [1.165, 1.54) is 37.1 Å². The van der Waals surface area contributed by atoms with Crippen LogP contribution < -0.4 is 9.62 Å². The first-order valence-electron chi connectivity index (χ1n) is 10.6. The lowest BCUT2D eigenvalue weighted by Crippen LogP contribution is -2.31. The van der Waals surface area contributed by atoms with Crippen LogP contribution in [0.5, 0.6) is 0 Å². The lowest BCUT2D eigenvalue weighted by Gasteiger charge is -2.30. The van der Waals surface area contributed by atoms with Gasteiger partial charge in [0.2, 0.25) is 5.95 Å². The average Bonchev–Trinajstić information content (AvgIpc) is 3.20. The van der Waals surface area contributed by atoms with Crippen LogP contribution in [0.15, 0.2) is 29.2 Å². The summed E-state index contributed by atoms with van der Waals surface area (Å²) in [5.41, 5.74) is 0.399. The minimum Gasteiger partial charge on any atom is -0.370 e. The molecule has 1 N–H and O–H groups in total. The monoisotopic (exact) mass is 470 g/mol. The van der Waals surface area contributed by atoms with Crippen LogP contribution >= 0.6 is 23.5 Å². The van der Waals surface area contributed by atoms with E-state index in [4.69, 9.17) is 11.6 Å². The summed E-state index contributed by atoms with van der Waals surface area (Å²) < 4.78 is 45.5. The van der Waals surface area contributed by atoms with E-state index >= 15 is 0 Å². The van der Waals surface area contributed by atoms with Gasteiger partial charge < -0.3 is 14.5 Å². The Hall–Kier alpha value is -1.64. The minimum atomic E-state index is -0.815. The van der Waals surface area contributed by atoms with Gasteiger partial charge in [-0.1, -0.05) is 17.7 Å². The summed E-state index contributed by atoms with van der Waals surface area (Å²) >= 11 is 7.00. The number of pyridine rings is 1. The molecule has 1 atom stereocenters. The van der Waals surface area contributed by atoms with Crippen LogP contribution in [0.2, 0.25) is 5.02 Å². The van der Waals surface area contributed by atoms with Gasteiger partial charge in [-0.05, 0) is 81.7 Å². The molecule has 4 nitrogen and oxygen atoms in total. The second-order valence-electron chi connectivity index (χ2n) is 8.47. The number of halogens is 4. The van der Waals surface area contributed by atoms with E-state index in [0.29, 0.717) is 23.6 Å². The molecular weight excluding hydrogens is 445 g/mol. The van der Waals surface area contributed by atoms with Crippen molar-refractivity contribution >= 4 is 35.1 Å². The highest BCUT2D eigenvalue weighted by Gasteiger charge is 2.30. The Balaban J connectivity index is 1.41. The number of piperidine rings is 1. The Morgan fingerprint density at radius 1 is 1.13 bits per heavy atom. The third-order valence-electron chi connectivity index (χ3n) is 6.20. The van der Waals surface area contributed by atoms with Gasteiger partial charge in [-0.15, -0.1) is 0 Å². The maximum Gasteiger partial charge on any atom is 0.214 e. The number of hydrogen-bond donors (Lipinski definition) is 1. The predicted molar refractivity (Wildman–Crippen MR) is 120 cm³/mol. The largest absolute Gasteiger partial charge is 0.370 e. The van der Waals surface area contributed by atoms with Gasteiger partial charge in [0.25, 0.3) is 0 Å². The fourth-order valence-electron chi connectivity index (χ4n) is 4.47. The Morgan fingerprint density at radius 2 is 1.87 bits per heavy atom. The lowest BCUT2D eigenvalue weighted by atomic mass is 9.87. The molecule has 2 saturated heterocycles. The molecule has 4 rings (SSSR count).